The summed E-state index contributed by atoms with van der Waals surface area (Å²) >= 11 is 0. The third kappa shape index (κ3) is 3.18. The van der Waals surface area contributed by atoms with E-state index in [-0.39, 0.29) is 0 Å². The molecule has 0 aliphatic rings. The molecule has 0 spiro atoms. The van der Waals surface area contributed by atoms with Crippen LogP contribution in [0.2, 0.25) is 0 Å². The van der Waals surface area contributed by atoms with Crippen LogP contribution >= 0.6 is 0 Å². The van der Waals surface area contributed by atoms with Crippen LogP contribution in [0.15, 0.2) is 30.6 Å². The number of anilines is 1. The minimum Gasteiger partial charge on any atom is -0.370 e. The van der Waals surface area contributed by atoms with Crippen LogP contribution in [-0.2, 0) is 10.0 Å². The van der Waals surface area contributed by atoms with E-state index in [0.717, 1.165) is 17.7 Å². The van der Waals surface area contributed by atoms with Crippen molar-refractivity contribution in [3.63, 3.8) is 0 Å². The van der Waals surface area contributed by atoms with Crippen molar-refractivity contribution in [3.8, 4) is 0 Å². The average Bonchev–Trinajstić information content (AvgIpc) is 2.71. The van der Waals surface area contributed by atoms with E-state index in [4.69, 9.17) is 0 Å². The lowest BCUT2D eigenvalue weighted by Crippen LogP contribution is -2.27. The van der Waals surface area contributed by atoms with Crippen LogP contribution < -0.4 is 10.0 Å². The molecule has 0 saturated heterocycles. The maximum absolute atomic E-state index is 10.9. The summed E-state index contributed by atoms with van der Waals surface area (Å²) in [6.07, 6.45) is 4.71. The summed E-state index contributed by atoms with van der Waals surface area (Å²) in [5.41, 5.74) is 0.853. The Hall–Kier alpha value is -1.60. The highest BCUT2D eigenvalue weighted by Gasteiger charge is 2.01. The number of hydrogen-bond donors (Lipinski definition) is 2. The predicted molar refractivity (Wildman–Crippen MR) is 66.5 cm³/mol. The Labute approximate surface area is 99.7 Å². The highest BCUT2D eigenvalue weighted by atomic mass is 32.2. The molecule has 0 amide bonds. The smallest absolute Gasteiger partial charge is 0.208 e. The molecule has 0 fully saturated rings. The molecule has 0 atom stereocenters. The van der Waals surface area contributed by atoms with Gasteiger partial charge in [0, 0.05) is 25.5 Å². The van der Waals surface area contributed by atoms with E-state index in [1.54, 1.807) is 6.20 Å². The van der Waals surface area contributed by atoms with Crippen LogP contribution in [0.4, 0.5) is 5.82 Å². The summed E-state index contributed by atoms with van der Waals surface area (Å²) in [4.78, 5) is 4.16. The second-order valence-corrected chi connectivity index (χ2v) is 5.49. The highest BCUT2D eigenvalue weighted by molar-refractivity contribution is 7.88. The van der Waals surface area contributed by atoms with Crippen molar-refractivity contribution in [2.75, 3.05) is 24.7 Å². The number of aromatic nitrogens is 2. The van der Waals surface area contributed by atoms with Crippen molar-refractivity contribution in [2.24, 2.45) is 0 Å². The van der Waals surface area contributed by atoms with Crippen LogP contribution in [0.5, 0.6) is 0 Å². The molecule has 0 aromatic carbocycles. The summed E-state index contributed by atoms with van der Waals surface area (Å²) in [7, 11) is -3.12. The second-order valence-electron chi connectivity index (χ2n) is 3.66. The van der Waals surface area contributed by atoms with Crippen LogP contribution in [0.3, 0.4) is 0 Å². The quantitative estimate of drug-likeness (QED) is 0.752. The van der Waals surface area contributed by atoms with Crippen molar-refractivity contribution in [1.29, 1.82) is 0 Å². The van der Waals surface area contributed by atoms with Gasteiger partial charge < -0.3 is 5.32 Å². The molecule has 0 unspecified atom stereocenters. The van der Waals surface area contributed by atoms with Gasteiger partial charge in [0.2, 0.25) is 10.0 Å². The fourth-order valence-corrected chi connectivity index (χ4v) is 1.99. The Morgan fingerprint density at radius 2 is 2.18 bits per heavy atom. The molecule has 7 heteroatoms. The fourth-order valence-electron chi connectivity index (χ4n) is 1.52. The molecular formula is C10H14N4O2S. The molecular weight excluding hydrogens is 240 g/mol. The van der Waals surface area contributed by atoms with Crippen LogP contribution in [0.1, 0.15) is 0 Å². The fraction of sp³-hybridized carbons (Fsp3) is 0.300. The van der Waals surface area contributed by atoms with Crippen molar-refractivity contribution in [2.45, 2.75) is 0 Å². The lowest BCUT2D eigenvalue weighted by Gasteiger charge is -2.08. The Morgan fingerprint density at radius 3 is 2.94 bits per heavy atom. The zero-order valence-electron chi connectivity index (χ0n) is 9.42. The zero-order chi connectivity index (χ0) is 12.3. The SMILES string of the molecule is CS(=O)(=O)NCCNc1cccc2nccn12. The van der Waals surface area contributed by atoms with E-state index in [1.165, 1.54) is 0 Å². The van der Waals surface area contributed by atoms with Gasteiger partial charge in [0.05, 0.1) is 6.26 Å². The minimum absolute atomic E-state index is 0.351. The Kier molecular flexibility index (Phi) is 3.30. The summed E-state index contributed by atoms with van der Waals surface area (Å²) in [5, 5.41) is 3.14. The topological polar surface area (TPSA) is 75.5 Å². The number of imidazole rings is 1. The minimum atomic E-state index is -3.12. The van der Waals surface area contributed by atoms with E-state index < -0.39 is 10.0 Å². The first-order valence-electron chi connectivity index (χ1n) is 5.17. The molecule has 6 nitrogen and oxygen atoms in total. The number of sulfonamides is 1. The summed E-state index contributed by atoms with van der Waals surface area (Å²) in [5.74, 6) is 0.885. The number of nitrogens with one attached hydrogen (secondary N) is 2. The van der Waals surface area contributed by atoms with Gasteiger partial charge in [0.25, 0.3) is 0 Å². The van der Waals surface area contributed by atoms with Gasteiger partial charge in [0.1, 0.15) is 11.5 Å². The molecule has 0 aliphatic carbocycles. The van der Waals surface area contributed by atoms with Crippen LogP contribution in [0, 0.1) is 0 Å². The van der Waals surface area contributed by atoms with Gasteiger partial charge in [-0.25, -0.2) is 18.1 Å². The van der Waals surface area contributed by atoms with Gasteiger partial charge in [-0.3, -0.25) is 4.40 Å². The molecule has 17 heavy (non-hydrogen) atoms. The molecule has 2 N–H and O–H groups in total. The first kappa shape index (κ1) is 11.9. The molecule has 0 radical (unpaired) electrons. The molecule has 2 aromatic heterocycles. The Morgan fingerprint density at radius 1 is 1.35 bits per heavy atom. The molecule has 2 rings (SSSR count). The van der Waals surface area contributed by atoms with Gasteiger partial charge in [-0.15, -0.1) is 0 Å². The van der Waals surface area contributed by atoms with Crippen LogP contribution in [0.25, 0.3) is 5.65 Å². The van der Waals surface area contributed by atoms with E-state index in [2.05, 4.69) is 15.0 Å². The van der Waals surface area contributed by atoms with Crippen molar-refractivity contribution in [1.82, 2.24) is 14.1 Å². The first-order chi connectivity index (χ1) is 8.06. The first-order valence-corrected chi connectivity index (χ1v) is 7.06. The normalized spacial score (nSPS) is 11.8. The summed E-state index contributed by atoms with van der Waals surface area (Å²) in [6, 6.07) is 5.71. The van der Waals surface area contributed by atoms with Crippen molar-refractivity contribution >= 4 is 21.5 Å². The second kappa shape index (κ2) is 4.72. The molecule has 0 bridgehead atoms. The van der Waals surface area contributed by atoms with Gasteiger partial charge >= 0.3 is 0 Å². The van der Waals surface area contributed by atoms with Gasteiger partial charge in [0.15, 0.2) is 0 Å². The number of fused-ring (bicyclic) bond motifs is 1. The zero-order valence-corrected chi connectivity index (χ0v) is 10.2. The number of nitrogens with zero attached hydrogens (tertiary/aromatic N) is 2. The van der Waals surface area contributed by atoms with E-state index >= 15 is 0 Å². The largest absolute Gasteiger partial charge is 0.370 e. The maximum atomic E-state index is 10.9. The van der Waals surface area contributed by atoms with Crippen molar-refractivity contribution in [3.05, 3.63) is 30.6 Å². The van der Waals surface area contributed by atoms with E-state index in [0.29, 0.717) is 13.1 Å². The molecule has 0 saturated carbocycles. The number of rotatable bonds is 5. The van der Waals surface area contributed by atoms with Crippen molar-refractivity contribution < 1.29 is 8.42 Å². The predicted octanol–water partition coefficient (Wildman–Crippen LogP) is 0.295. The average molecular weight is 254 g/mol. The summed E-state index contributed by atoms with van der Waals surface area (Å²) in [6.45, 7) is 0.869. The highest BCUT2D eigenvalue weighted by Crippen LogP contribution is 2.09. The Bertz CT molecular complexity index is 606. The number of hydrogen-bond acceptors (Lipinski definition) is 4. The lowest BCUT2D eigenvalue weighted by molar-refractivity contribution is 0.589. The molecule has 92 valence electrons. The van der Waals surface area contributed by atoms with E-state index in [1.807, 2.05) is 28.8 Å². The Balaban J connectivity index is 1.97. The van der Waals surface area contributed by atoms with Gasteiger partial charge in [-0.1, -0.05) is 6.07 Å². The summed E-state index contributed by atoms with van der Waals surface area (Å²) < 4.78 is 26.0. The third-order valence-corrected chi connectivity index (χ3v) is 2.95. The third-order valence-electron chi connectivity index (χ3n) is 2.22. The standard InChI is InChI=1S/C10H14N4O2S/c1-17(15,16)13-6-5-11-9-3-2-4-10-12-7-8-14(9)10/h2-4,7-8,11,13H,5-6H2,1H3. The van der Waals surface area contributed by atoms with Gasteiger partial charge in [-0.2, -0.15) is 0 Å². The molecule has 2 aromatic rings. The molecule has 0 aliphatic heterocycles. The van der Waals surface area contributed by atoms with Gasteiger partial charge in [-0.05, 0) is 12.1 Å². The van der Waals surface area contributed by atoms with E-state index in [9.17, 15) is 8.42 Å². The lowest BCUT2D eigenvalue weighted by atomic mass is 10.4. The van der Waals surface area contributed by atoms with Crippen LogP contribution in [-0.4, -0.2) is 37.1 Å². The monoisotopic (exact) mass is 254 g/mol. The number of pyridine rings is 1. The molecule has 2 heterocycles. The maximum Gasteiger partial charge on any atom is 0.208 e.